The van der Waals surface area contributed by atoms with Crippen LogP contribution in [0.25, 0.3) is 10.2 Å². The number of aromatic nitrogens is 2. The number of Topliss-reactive ketones (excluding diaryl/α,β-unsaturated/α-hetero) is 1. The third kappa shape index (κ3) is 4.44. The Balaban J connectivity index is 1.54. The summed E-state index contributed by atoms with van der Waals surface area (Å²) in [5.74, 6) is -0.837. The number of amides is 1. The van der Waals surface area contributed by atoms with Gasteiger partial charge in [0, 0.05) is 10.3 Å². The van der Waals surface area contributed by atoms with Gasteiger partial charge in [-0.05, 0) is 57.6 Å². The number of nitrogens with zero attached hydrogens (tertiary/aromatic N) is 2. The zero-order chi connectivity index (χ0) is 22.8. The van der Waals surface area contributed by atoms with E-state index in [9.17, 15) is 14.4 Å². The van der Waals surface area contributed by atoms with E-state index in [4.69, 9.17) is 4.74 Å². The fraction of sp³-hybridized carbons (Fsp3) is 0.409. The Hall–Kier alpha value is -2.30. The predicted octanol–water partition coefficient (Wildman–Crippen LogP) is 5.05. The van der Waals surface area contributed by atoms with Gasteiger partial charge in [0.05, 0.1) is 22.8 Å². The molecule has 3 aromatic rings. The van der Waals surface area contributed by atoms with Crippen LogP contribution in [0.15, 0.2) is 11.4 Å². The maximum absolute atomic E-state index is 12.8. The second kappa shape index (κ2) is 9.68. The lowest BCUT2D eigenvalue weighted by molar-refractivity contribution is -0.113. The number of aryl methyl sites for hydroxylation is 2. The largest absolute Gasteiger partial charge is 0.462 e. The first kappa shape index (κ1) is 22.9. The van der Waals surface area contributed by atoms with Gasteiger partial charge in [0.2, 0.25) is 5.91 Å². The van der Waals surface area contributed by atoms with Crippen LogP contribution in [0.2, 0.25) is 0 Å². The molecule has 0 saturated heterocycles. The van der Waals surface area contributed by atoms with E-state index in [2.05, 4.69) is 15.3 Å². The van der Waals surface area contributed by atoms with Crippen molar-refractivity contribution in [2.24, 2.45) is 0 Å². The lowest BCUT2D eigenvalue weighted by Crippen LogP contribution is -2.16. The van der Waals surface area contributed by atoms with Crippen molar-refractivity contribution >= 4 is 67.3 Å². The molecule has 32 heavy (non-hydrogen) atoms. The summed E-state index contributed by atoms with van der Waals surface area (Å²) in [5.41, 5.74) is 2.10. The third-order valence-corrected chi connectivity index (χ3v) is 8.75. The van der Waals surface area contributed by atoms with Crippen molar-refractivity contribution < 1.29 is 19.1 Å². The maximum Gasteiger partial charge on any atom is 0.341 e. The molecule has 1 N–H and O–H groups in total. The molecule has 0 spiro atoms. The number of hydrogen-bond donors (Lipinski definition) is 1. The highest BCUT2D eigenvalue weighted by molar-refractivity contribution is 8.00. The van der Waals surface area contributed by atoms with Crippen LogP contribution in [0.4, 0.5) is 5.00 Å². The van der Waals surface area contributed by atoms with Gasteiger partial charge in [-0.2, -0.15) is 0 Å². The molecular formula is C22H23N3O4S3. The zero-order valence-electron chi connectivity index (χ0n) is 18.1. The number of carbonyl (C=O) groups is 3. The minimum Gasteiger partial charge on any atom is -0.462 e. The number of fused-ring (bicyclic) bond motifs is 3. The molecule has 0 fully saturated rings. The van der Waals surface area contributed by atoms with Crippen LogP contribution in [-0.4, -0.2) is 40.0 Å². The highest BCUT2D eigenvalue weighted by Gasteiger charge is 2.26. The average molecular weight is 490 g/mol. The Morgan fingerprint density at radius 1 is 1.19 bits per heavy atom. The lowest BCUT2D eigenvalue weighted by atomic mass is 9.97. The monoisotopic (exact) mass is 489 g/mol. The maximum atomic E-state index is 12.8. The lowest BCUT2D eigenvalue weighted by Gasteiger charge is -2.11. The number of thiophene rings is 2. The van der Waals surface area contributed by atoms with Crippen molar-refractivity contribution in [3.8, 4) is 0 Å². The number of carbonyl (C=O) groups excluding carboxylic acids is 3. The van der Waals surface area contributed by atoms with Crippen LogP contribution in [0.1, 0.15) is 62.7 Å². The number of esters is 1. The highest BCUT2D eigenvalue weighted by atomic mass is 32.2. The summed E-state index contributed by atoms with van der Waals surface area (Å²) >= 11 is 4.19. The Bertz CT molecular complexity index is 1210. The molecular weight excluding hydrogens is 466 g/mol. The van der Waals surface area contributed by atoms with Crippen molar-refractivity contribution in [3.05, 3.63) is 32.8 Å². The van der Waals surface area contributed by atoms with Gasteiger partial charge >= 0.3 is 5.97 Å². The van der Waals surface area contributed by atoms with Gasteiger partial charge in [-0.25, -0.2) is 14.8 Å². The normalized spacial score (nSPS) is 13.1. The second-order valence-electron chi connectivity index (χ2n) is 7.44. The smallest absolute Gasteiger partial charge is 0.341 e. The van der Waals surface area contributed by atoms with Crippen LogP contribution < -0.4 is 5.32 Å². The summed E-state index contributed by atoms with van der Waals surface area (Å²) in [6.45, 7) is 5.06. The van der Waals surface area contributed by atoms with E-state index in [1.54, 1.807) is 31.5 Å². The van der Waals surface area contributed by atoms with Gasteiger partial charge < -0.3 is 10.1 Å². The topological polar surface area (TPSA) is 98.2 Å². The van der Waals surface area contributed by atoms with Crippen LogP contribution in [0.3, 0.4) is 0 Å². The molecule has 1 aliphatic carbocycles. The number of nitrogens with one attached hydrogen (secondary N) is 1. The molecule has 0 aliphatic heterocycles. The molecule has 0 aromatic carbocycles. The standard InChI is InChI=1S/C22H23N3O4S3/c1-4-29-22(28)16-11(2)18(12(3)26)32-21(16)25-15(27)9-30-19-17-13-7-5-6-8-14(13)31-20(17)24-10-23-19/h10H,4-9H2,1-3H3,(H,25,27). The molecule has 3 heterocycles. The van der Waals surface area contributed by atoms with E-state index < -0.39 is 5.97 Å². The Morgan fingerprint density at radius 2 is 1.97 bits per heavy atom. The molecule has 0 saturated carbocycles. The molecule has 0 bridgehead atoms. The van der Waals surface area contributed by atoms with Crippen LogP contribution in [0.5, 0.6) is 0 Å². The molecule has 4 rings (SSSR count). The van der Waals surface area contributed by atoms with E-state index in [0.29, 0.717) is 15.4 Å². The Kier molecular flexibility index (Phi) is 6.92. The first-order valence-electron chi connectivity index (χ1n) is 10.4. The molecule has 1 aliphatic rings. The SMILES string of the molecule is CCOC(=O)c1c(NC(=O)CSc2ncnc3sc4c(c23)CCCC4)sc(C(C)=O)c1C. The van der Waals surface area contributed by atoms with Crippen molar-refractivity contribution in [3.63, 3.8) is 0 Å². The van der Waals surface area contributed by atoms with Crippen molar-refractivity contribution in [1.29, 1.82) is 0 Å². The van der Waals surface area contributed by atoms with Crippen molar-refractivity contribution in [1.82, 2.24) is 9.97 Å². The summed E-state index contributed by atoms with van der Waals surface area (Å²) in [4.78, 5) is 48.8. The quantitative estimate of drug-likeness (QED) is 0.215. The molecule has 7 nitrogen and oxygen atoms in total. The minimum absolute atomic E-state index is 0.130. The summed E-state index contributed by atoms with van der Waals surface area (Å²) in [7, 11) is 0. The fourth-order valence-corrected chi connectivity index (χ4v) is 7.08. The first-order chi connectivity index (χ1) is 15.4. The summed E-state index contributed by atoms with van der Waals surface area (Å²) in [6.07, 6.45) is 6.00. The van der Waals surface area contributed by atoms with Crippen molar-refractivity contribution in [2.75, 3.05) is 17.7 Å². The summed E-state index contributed by atoms with van der Waals surface area (Å²) < 4.78 is 5.13. The second-order valence-corrected chi connectivity index (χ2v) is 10.5. The first-order valence-corrected chi connectivity index (χ1v) is 13.0. The highest BCUT2D eigenvalue weighted by Crippen LogP contribution is 2.39. The van der Waals surface area contributed by atoms with E-state index in [1.807, 2.05) is 0 Å². The van der Waals surface area contributed by atoms with Gasteiger partial charge in [0.25, 0.3) is 0 Å². The fourth-order valence-electron chi connectivity index (χ4n) is 3.85. The van der Waals surface area contributed by atoms with E-state index in [-0.39, 0.29) is 29.6 Å². The van der Waals surface area contributed by atoms with Gasteiger partial charge in [-0.1, -0.05) is 11.8 Å². The minimum atomic E-state index is -0.542. The van der Waals surface area contributed by atoms with Crippen LogP contribution in [0, 0.1) is 6.92 Å². The van der Waals surface area contributed by atoms with Gasteiger partial charge in [-0.15, -0.1) is 22.7 Å². The molecule has 168 valence electrons. The number of hydrogen-bond acceptors (Lipinski definition) is 9. The van der Waals surface area contributed by atoms with E-state index >= 15 is 0 Å². The van der Waals surface area contributed by atoms with Gasteiger partial charge in [0.1, 0.15) is 21.2 Å². The Labute approximate surface area is 198 Å². The molecule has 0 atom stereocenters. The van der Waals surface area contributed by atoms with Crippen molar-refractivity contribution in [2.45, 2.75) is 51.5 Å². The average Bonchev–Trinajstić information content (AvgIpc) is 3.30. The summed E-state index contributed by atoms with van der Waals surface area (Å²) in [5, 5.41) is 5.03. The number of ether oxygens (including phenoxy) is 1. The number of rotatable bonds is 7. The summed E-state index contributed by atoms with van der Waals surface area (Å²) in [6, 6.07) is 0. The number of ketones is 1. The molecule has 10 heteroatoms. The molecule has 3 aromatic heterocycles. The molecule has 1 amide bonds. The molecule has 0 unspecified atom stereocenters. The van der Waals surface area contributed by atoms with Crippen LogP contribution >= 0.6 is 34.4 Å². The Morgan fingerprint density at radius 3 is 2.72 bits per heavy atom. The predicted molar refractivity (Wildman–Crippen MR) is 128 cm³/mol. The zero-order valence-corrected chi connectivity index (χ0v) is 20.5. The van der Waals surface area contributed by atoms with Gasteiger partial charge in [-0.3, -0.25) is 9.59 Å². The number of thioether (sulfide) groups is 1. The van der Waals surface area contributed by atoms with E-state index in [1.165, 1.54) is 35.5 Å². The molecule has 0 radical (unpaired) electrons. The van der Waals surface area contributed by atoms with Gasteiger partial charge in [0.15, 0.2) is 5.78 Å². The number of anilines is 1. The third-order valence-electron chi connectivity index (χ3n) is 5.26. The van der Waals surface area contributed by atoms with Crippen LogP contribution in [-0.2, 0) is 22.4 Å². The van der Waals surface area contributed by atoms with E-state index in [0.717, 1.165) is 45.8 Å².